The Morgan fingerprint density at radius 3 is 1.96 bits per heavy atom. The lowest BCUT2D eigenvalue weighted by Gasteiger charge is -2.05. The van der Waals surface area contributed by atoms with Gasteiger partial charge in [0, 0.05) is 13.0 Å². The fraction of sp³-hybridized carbons (Fsp3) is 0.938. The van der Waals surface area contributed by atoms with E-state index in [2.05, 4.69) is 16.4 Å². The highest BCUT2D eigenvalue weighted by Gasteiger charge is 2.05. The fourth-order valence-corrected chi connectivity index (χ4v) is 2.65. The first-order chi connectivity index (χ1) is 11.0. The molecule has 0 aliphatic heterocycles. The maximum absolute atomic E-state index is 11.4. The third-order valence-electron chi connectivity index (χ3n) is 3.63. The van der Waals surface area contributed by atoms with Crippen molar-refractivity contribution in [1.82, 2.24) is 5.32 Å². The molecule has 7 heteroatoms. The van der Waals surface area contributed by atoms with Gasteiger partial charge in [-0.05, 0) is 12.8 Å². The molecular formula is C16H33NO5S. The molecule has 0 bridgehead atoms. The van der Waals surface area contributed by atoms with Crippen LogP contribution < -0.4 is 5.32 Å². The predicted octanol–water partition coefficient (Wildman–Crippen LogP) is 3.62. The lowest BCUT2D eigenvalue weighted by atomic mass is 10.1. The summed E-state index contributed by atoms with van der Waals surface area (Å²) in [7, 11) is -4.39. The molecule has 0 rings (SSSR count). The Bertz CT molecular complexity index is 384. The predicted molar refractivity (Wildman–Crippen MR) is 91.6 cm³/mol. The molecule has 0 aromatic heterocycles. The van der Waals surface area contributed by atoms with E-state index in [1.165, 1.54) is 51.4 Å². The highest BCUT2D eigenvalue weighted by molar-refractivity contribution is 7.80. The van der Waals surface area contributed by atoms with Gasteiger partial charge >= 0.3 is 10.4 Å². The minimum Gasteiger partial charge on any atom is -0.356 e. The van der Waals surface area contributed by atoms with E-state index in [0.717, 1.165) is 12.8 Å². The number of carbonyl (C=O) groups excluding carboxylic acids is 1. The number of carbonyl (C=O) groups is 1. The average Bonchev–Trinajstić information content (AvgIpc) is 2.48. The number of hydrogen-bond acceptors (Lipinski definition) is 4. The van der Waals surface area contributed by atoms with Crippen molar-refractivity contribution < 1.29 is 21.9 Å². The van der Waals surface area contributed by atoms with Crippen LogP contribution in [-0.4, -0.2) is 32.0 Å². The van der Waals surface area contributed by atoms with Gasteiger partial charge in [-0.1, -0.05) is 64.7 Å². The largest absolute Gasteiger partial charge is 0.397 e. The zero-order chi connectivity index (χ0) is 17.4. The molecule has 138 valence electrons. The number of amides is 1. The number of hydrogen-bond donors (Lipinski definition) is 2. The van der Waals surface area contributed by atoms with Crippen molar-refractivity contribution >= 4 is 16.3 Å². The van der Waals surface area contributed by atoms with Gasteiger partial charge in [-0.2, -0.15) is 8.42 Å². The zero-order valence-corrected chi connectivity index (χ0v) is 15.2. The first kappa shape index (κ1) is 22.3. The molecule has 2 N–H and O–H groups in total. The highest BCUT2D eigenvalue weighted by Crippen LogP contribution is 2.10. The third kappa shape index (κ3) is 19.3. The van der Waals surface area contributed by atoms with E-state index in [1.807, 2.05) is 0 Å². The summed E-state index contributed by atoms with van der Waals surface area (Å²) in [6, 6.07) is 0. The zero-order valence-electron chi connectivity index (χ0n) is 14.4. The lowest BCUT2D eigenvalue weighted by molar-refractivity contribution is -0.121. The molecule has 0 aromatic rings. The van der Waals surface area contributed by atoms with Crippen LogP contribution >= 0.6 is 0 Å². The summed E-state index contributed by atoms with van der Waals surface area (Å²) in [6.45, 7) is 2.71. The van der Waals surface area contributed by atoms with E-state index in [9.17, 15) is 13.2 Å². The SMILES string of the molecule is CCCCCCCCCCCCNC(=O)CCCOS(=O)(=O)O. The molecular weight excluding hydrogens is 318 g/mol. The topological polar surface area (TPSA) is 92.7 Å². The van der Waals surface area contributed by atoms with Crippen LogP contribution in [0.2, 0.25) is 0 Å². The summed E-state index contributed by atoms with van der Waals surface area (Å²) in [5.41, 5.74) is 0. The van der Waals surface area contributed by atoms with Crippen molar-refractivity contribution in [2.75, 3.05) is 13.2 Å². The quantitative estimate of drug-likeness (QED) is 0.327. The van der Waals surface area contributed by atoms with Crippen LogP contribution in [0.1, 0.15) is 84.0 Å². The van der Waals surface area contributed by atoms with Crippen molar-refractivity contribution in [3.63, 3.8) is 0 Å². The van der Waals surface area contributed by atoms with Crippen LogP contribution in [0.4, 0.5) is 0 Å². The van der Waals surface area contributed by atoms with Crippen LogP contribution in [-0.2, 0) is 19.4 Å². The summed E-state index contributed by atoms with van der Waals surface area (Å²) in [5.74, 6) is -0.111. The maximum Gasteiger partial charge on any atom is 0.397 e. The maximum atomic E-state index is 11.4. The van der Waals surface area contributed by atoms with Gasteiger partial charge in [0.1, 0.15) is 0 Å². The fourth-order valence-electron chi connectivity index (χ4n) is 2.33. The van der Waals surface area contributed by atoms with Gasteiger partial charge in [-0.15, -0.1) is 0 Å². The van der Waals surface area contributed by atoms with Gasteiger partial charge in [0.2, 0.25) is 5.91 Å². The summed E-state index contributed by atoms with van der Waals surface area (Å²) in [6.07, 6.45) is 13.1. The third-order valence-corrected chi connectivity index (χ3v) is 4.10. The van der Waals surface area contributed by atoms with Crippen LogP contribution in [0.25, 0.3) is 0 Å². The minimum absolute atomic E-state index is 0.111. The first-order valence-electron chi connectivity index (χ1n) is 8.84. The van der Waals surface area contributed by atoms with E-state index < -0.39 is 10.4 Å². The van der Waals surface area contributed by atoms with Gasteiger partial charge in [0.05, 0.1) is 6.61 Å². The summed E-state index contributed by atoms with van der Waals surface area (Å²) in [4.78, 5) is 11.4. The standard InChI is InChI=1S/C16H33NO5S/c1-2-3-4-5-6-7-8-9-10-11-14-17-16(18)13-12-15-22-23(19,20)21/h2-15H2,1H3,(H,17,18)(H,19,20,21). The van der Waals surface area contributed by atoms with Crippen molar-refractivity contribution in [2.24, 2.45) is 0 Å². The summed E-state index contributed by atoms with van der Waals surface area (Å²) < 4.78 is 33.1. The first-order valence-corrected chi connectivity index (χ1v) is 10.2. The second-order valence-electron chi connectivity index (χ2n) is 5.89. The molecule has 0 heterocycles. The van der Waals surface area contributed by atoms with Crippen molar-refractivity contribution in [2.45, 2.75) is 84.0 Å². The van der Waals surface area contributed by atoms with Crippen LogP contribution in [0.5, 0.6) is 0 Å². The summed E-state index contributed by atoms with van der Waals surface area (Å²) in [5, 5.41) is 2.80. The van der Waals surface area contributed by atoms with Gasteiger partial charge < -0.3 is 5.32 Å². The smallest absolute Gasteiger partial charge is 0.356 e. The van der Waals surface area contributed by atoms with Crippen molar-refractivity contribution in [3.05, 3.63) is 0 Å². The van der Waals surface area contributed by atoms with Gasteiger partial charge in [0.15, 0.2) is 0 Å². The molecule has 6 nitrogen and oxygen atoms in total. The highest BCUT2D eigenvalue weighted by atomic mass is 32.3. The van der Waals surface area contributed by atoms with Gasteiger partial charge in [0.25, 0.3) is 0 Å². The van der Waals surface area contributed by atoms with Crippen LogP contribution in [0.3, 0.4) is 0 Å². The van der Waals surface area contributed by atoms with Gasteiger partial charge in [-0.25, -0.2) is 4.18 Å². The molecule has 0 aromatic carbocycles. The van der Waals surface area contributed by atoms with Crippen LogP contribution in [0, 0.1) is 0 Å². The minimum atomic E-state index is -4.39. The lowest BCUT2D eigenvalue weighted by Crippen LogP contribution is -2.24. The monoisotopic (exact) mass is 351 g/mol. The Morgan fingerprint density at radius 2 is 1.43 bits per heavy atom. The number of unbranched alkanes of at least 4 members (excludes halogenated alkanes) is 9. The normalized spacial score (nSPS) is 11.6. The molecule has 0 saturated carbocycles. The molecule has 0 atom stereocenters. The second-order valence-corrected chi connectivity index (χ2v) is 6.98. The Hall–Kier alpha value is -0.660. The molecule has 1 amide bonds. The second kappa shape index (κ2) is 14.9. The van der Waals surface area contributed by atoms with Crippen molar-refractivity contribution in [3.8, 4) is 0 Å². The van der Waals surface area contributed by atoms with Gasteiger partial charge in [-0.3, -0.25) is 9.35 Å². The van der Waals surface area contributed by atoms with E-state index in [1.54, 1.807) is 0 Å². The molecule has 0 unspecified atom stereocenters. The number of nitrogens with one attached hydrogen (secondary N) is 1. The molecule has 0 aliphatic carbocycles. The number of rotatable bonds is 16. The molecule has 23 heavy (non-hydrogen) atoms. The van der Waals surface area contributed by atoms with E-state index >= 15 is 0 Å². The molecule has 0 saturated heterocycles. The molecule has 0 aliphatic rings. The van der Waals surface area contributed by atoms with Crippen molar-refractivity contribution in [1.29, 1.82) is 0 Å². The van der Waals surface area contributed by atoms with E-state index in [4.69, 9.17) is 4.55 Å². The molecule has 0 radical (unpaired) electrons. The Kier molecular flexibility index (Phi) is 14.5. The summed E-state index contributed by atoms with van der Waals surface area (Å²) >= 11 is 0. The van der Waals surface area contributed by atoms with E-state index in [-0.39, 0.29) is 25.4 Å². The molecule has 0 fully saturated rings. The van der Waals surface area contributed by atoms with E-state index in [0.29, 0.717) is 6.54 Å². The molecule has 0 spiro atoms. The Morgan fingerprint density at radius 1 is 0.913 bits per heavy atom. The van der Waals surface area contributed by atoms with Crippen LogP contribution in [0.15, 0.2) is 0 Å². The Balaban J connectivity index is 3.23. The Labute approximate surface area is 141 Å². The average molecular weight is 352 g/mol.